The number of hydrogen-bond acceptors (Lipinski definition) is 9. The Balaban J connectivity index is 0.000000213. The number of aryl methyl sites for hydroxylation is 1. The quantitative estimate of drug-likeness (QED) is 0.453. The standard InChI is InChI=1S/C14H15N3O3S.C10H13NO3S2/c1-9-16-12(8-21-9)17(7-13(18)19)14(20)11-4-2-3-10(5-11)6-15;1-16(13,14)9-6-4-2-3-5-7(6)15-8(9)10(11)12/h2-5,8H,6-7,15H2,1H3,(H,18,19);2-9H,1H3,(H2,11,12). The molecule has 13 heteroatoms. The van der Waals surface area contributed by atoms with Gasteiger partial charge in [0.2, 0.25) is 5.91 Å². The topological polar surface area (TPSA) is 174 Å². The Morgan fingerprint density at radius 2 is 1.89 bits per heavy atom. The van der Waals surface area contributed by atoms with E-state index in [0.29, 0.717) is 17.9 Å². The molecule has 37 heavy (non-hydrogen) atoms. The number of aliphatic carboxylic acids is 1. The van der Waals surface area contributed by atoms with E-state index in [1.165, 1.54) is 29.4 Å². The molecular weight excluding hydrogens is 536 g/mol. The van der Waals surface area contributed by atoms with Gasteiger partial charge in [-0.3, -0.25) is 19.3 Å². The number of allylic oxidation sites excluding steroid dienone is 3. The Bertz CT molecular complexity index is 1340. The molecule has 4 atom stereocenters. The third-order valence-corrected chi connectivity index (χ3v) is 9.83. The maximum Gasteiger partial charge on any atom is 0.323 e. The molecule has 1 aromatic carbocycles. The van der Waals surface area contributed by atoms with Gasteiger partial charge in [0.05, 0.1) is 10.3 Å². The number of anilines is 1. The summed E-state index contributed by atoms with van der Waals surface area (Å²) in [6.45, 7) is 1.68. The smallest absolute Gasteiger partial charge is 0.323 e. The molecule has 0 spiro atoms. The third-order valence-electron chi connectivity index (χ3n) is 5.71. The van der Waals surface area contributed by atoms with Crippen LogP contribution in [0.2, 0.25) is 0 Å². The van der Waals surface area contributed by atoms with Crippen LogP contribution < -0.4 is 16.4 Å². The zero-order chi connectivity index (χ0) is 27.3. The second-order valence-corrected chi connectivity index (χ2v) is 13.1. The lowest BCUT2D eigenvalue weighted by Gasteiger charge is -2.20. The van der Waals surface area contributed by atoms with Gasteiger partial charge in [-0.15, -0.1) is 23.1 Å². The van der Waals surface area contributed by atoms with Crippen molar-refractivity contribution >= 4 is 56.5 Å². The van der Waals surface area contributed by atoms with Crippen LogP contribution in [0, 0.1) is 12.8 Å². The number of benzene rings is 1. The van der Waals surface area contributed by atoms with E-state index in [2.05, 4.69) is 4.98 Å². The van der Waals surface area contributed by atoms with Crippen LogP contribution in [-0.2, 0) is 26.0 Å². The van der Waals surface area contributed by atoms with E-state index in [0.717, 1.165) is 15.5 Å². The van der Waals surface area contributed by atoms with Crippen molar-refractivity contribution in [2.24, 2.45) is 17.4 Å². The van der Waals surface area contributed by atoms with E-state index in [1.807, 2.05) is 30.4 Å². The molecule has 1 aliphatic heterocycles. The highest BCUT2D eigenvalue weighted by Gasteiger charge is 2.49. The summed E-state index contributed by atoms with van der Waals surface area (Å²) in [5.74, 6) is -1.83. The van der Waals surface area contributed by atoms with E-state index < -0.39 is 44.7 Å². The fourth-order valence-corrected chi connectivity index (χ4v) is 8.42. The molecule has 2 aromatic rings. The molecule has 0 saturated carbocycles. The van der Waals surface area contributed by atoms with Crippen molar-refractivity contribution < 1.29 is 27.9 Å². The van der Waals surface area contributed by atoms with Crippen LogP contribution >= 0.6 is 23.1 Å². The lowest BCUT2D eigenvalue weighted by atomic mass is 9.95. The summed E-state index contributed by atoms with van der Waals surface area (Å²) in [7, 11) is -3.27. The Hall–Kier alpha value is -3.00. The van der Waals surface area contributed by atoms with Crippen LogP contribution in [0.25, 0.3) is 0 Å². The minimum atomic E-state index is -3.27. The number of primary amides is 1. The van der Waals surface area contributed by atoms with E-state index in [1.54, 1.807) is 30.5 Å². The van der Waals surface area contributed by atoms with Gasteiger partial charge in [-0.2, -0.15) is 0 Å². The fraction of sp³-hybridized carbons (Fsp3) is 0.333. The van der Waals surface area contributed by atoms with Crippen LogP contribution in [-0.4, -0.2) is 64.8 Å². The Morgan fingerprint density at radius 3 is 2.46 bits per heavy atom. The van der Waals surface area contributed by atoms with E-state index >= 15 is 0 Å². The molecule has 0 bridgehead atoms. The van der Waals surface area contributed by atoms with E-state index in [-0.39, 0.29) is 11.2 Å². The second kappa shape index (κ2) is 12.0. The lowest BCUT2D eigenvalue weighted by Crippen LogP contribution is -2.41. The summed E-state index contributed by atoms with van der Waals surface area (Å²) in [4.78, 5) is 40.2. The number of nitrogens with zero attached hydrogens (tertiary/aromatic N) is 2. The van der Waals surface area contributed by atoms with Gasteiger partial charge in [-0.25, -0.2) is 13.4 Å². The first-order valence-electron chi connectivity index (χ1n) is 11.2. The van der Waals surface area contributed by atoms with Crippen molar-refractivity contribution in [2.75, 3.05) is 17.7 Å². The fourth-order valence-electron chi connectivity index (χ4n) is 4.08. The van der Waals surface area contributed by atoms with Gasteiger partial charge in [0.25, 0.3) is 5.91 Å². The predicted molar refractivity (Wildman–Crippen MR) is 145 cm³/mol. The molecule has 1 aromatic heterocycles. The third kappa shape index (κ3) is 7.06. The molecule has 2 aliphatic rings. The number of sulfone groups is 1. The maximum atomic E-state index is 12.5. The molecule has 4 rings (SSSR count). The maximum absolute atomic E-state index is 12.5. The number of nitrogens with two attached hydrogens (primary N) is 2. The number of carboxylic acids is 1. The van der Waals surface area contributed by atoms with Gasteiger partial charge >= 0.3 is 5.97 Å². The first-order valence-corrected chi connectivity index (χ1v) is 14.9. The van der Waals surface area contributed by atoms with Crippen molar-refractivity contribution in [3.63, 3.8) is 0 Å². The van der Waals surface area contributed by atoms with E-state index in [9.17, 15) is 22.8 Å². The van der Waals surface area contributed by atoms with Gasteiger partial charge < -0.3 is 16.6 Å². The molecule has 2 heterocycles. The first-order chi connectivity index (χ1) is 17.4. The number of thioether (sulfide) groups is 1. The van der Waals surface area contributed by atoms with Crippen molar-refractivity contribution in [1.29, 1.82) is 0 Å². The zero-order valence-corrected chi connectivity index (χ0v) is 22.6. The number of hydrogen-bond donors (Lipinski definition) is 3. The number of amides is 2. The van der Waals surface area contributed by atoms with Gasteiger partial charge in [-0.1, -0.05) is 36.4 Å². The van der Waals surface area contributed by atoms with Crippen LogP contribution in [0.3, 0.4) is 0 Å². The molecule has 1 fully saturated rings. The van der Waals surface area contributed by atoms with Crippen LogP contribution in [0.1, 0.15) is 20.9 Å². The molecule has 1 aliphatic carbocycles. The number of carbonyl (C=O) groups is 3. The number of rotatable bonds is 7. The monoisotopic (exact) mass is 564 g/mol. The summed E-state index contributed by atoms with van der Waals surface area (Å²) in [6.07, 6.45) is 8.64. The average Bonchev–Trinajstić information content (AvgIpc) is 3.46. The number of fused-ring (bicyclic) bond motifs is 1. The highest BCUT2D eigenvalue weighted by molar-refractivity contribution is 8.03. The normalized spacial score (nSPS) is 22.0. The molecule has 4 unspecified atom stereocenters. The van der Waals surface area contributed by atoms with E-state index in [4.69, 9.17) is 16.6 Å². The Labute approximate surface area is 223 Å². The summed E-state index contributed by atoms with van der Waals surface area (Å²) in [5.41, 5.74) is 12.0. The number of thiazole rings is 1. The zero-order valence-electron chi connectivity index (χ0n) is 20.2. The second-order valence-electron chi connectivity index (χ2n) is 8.48. The van der Waals surface area contributed by atoms with Crippen LogP contribution in [0.5, 0.6) is 0 Å². The summed E-state index contributed by atoms with van der Waals surface area (Å²) >= 11 is 2.71. The van der Waals surface area contributed by atoms with Gasteiger partial charge in [-0.05, 0) is 24.6 Å². The SMILES string of the molecule is CS(=O)(=O)C1C(C(N)=O)SC2C=CC=CC21.Cc1nc(N(CC(=O)O)C(=O)c2cccc(CN)c2)cs1. The number of carbonyl (C=O) groups excluding carboxylic acids is 2. The van der Waals surface area contributed by atoms with Gasteiger partial charge in [0, 0.05) is 34.9 Å². The molecular formula is C24H28N4O6S3. The minimum Gasteiger partial charge on any atom is -0.480 e. The molecule has 0 radical (unpaired) electrons. The first kappa shape index (κ1) is 28.6. The van der Waals surface area contributed by atoms with Crippen LogP contribution in [0.15, 0.2) is 53.9 Å². The molecule has 2 amide bonds. The largest absolute Gasteiger partial charge is 0.480 e. The van der Waals surface area contributed by atoms with Crippen molar-refractivity contribution in [3.05, 3.63) is 70.1 Å². The summed E-state index contributed by atoms with van der Waals surface area (Å²) in [5, 5.41) is 10.2. The van der Waals surface area contributed by atoms with Crippen molar-refractivity contribution in [2.45, 2.75) is 29.2 Å². The van der Waals surface area contributed by atoms with Crippen molar-refractivity contribution in [3.8, 4) is 0 Å². The Morgan fingerprint density at radius 1 is 1.19 bits per heavy atom. The average molecular weight is 565 g/mol. The highest BCUT2D eigenvalue weighted by Crippen LogP contribution is 2.44. The highest BCUT2D eigenvalue weighted by atomic mass is 32.2. The van der Waals surface area contributed by atoms with Gasteiger partial charge in [0.15, 0.2) is 9.84 Å². The lowest BCUT2D eigenvalue weighted by molar-refractivity contribution is -0.135. The summed E-state index contributed by atoms with van der Waals surface area (Å²) in [6, 6.07) is 6.83. The number of aromatic nitrogens is 1. The molecule has 5 N–H and O–H groups in total. The molecule has 198 valence electrons. The molecule has 1 saturated heterocycles. The Kier molecular flexibility index (Phi) is 9.29. The minimum absolute atomic E-state index is 0.0437. The molecule has 10 nitrogen and oxygen atoms in total. The van der Waals surface area contributed by atoms with Crippen LogP contribution in [0.4, 0.5) is 5.82 Å². The van der Waals surface area contributed by atoms with Crippen molar-refractivity contribution in [1.82, 2.24) is 4.98 Å². The summed E-state index contributed by atoms with van der Waals surface area (Å²) < 4.78 is 23.4. The number of carboxylic acid groups (broad SMARTS) is 1. The van der Waals surface area contributed by atoms with Gasteiger partial charge in [0.1, 0.15) is 17.6 Å². The predicted octanol–water partition coefficient (Wildman–Crippen LogP) is 1.75.